The van der Waals surface area contributed by atoms with Gasteiger partial charge in [-0.05, 0) is 124 Å². The van der Waals surface area contributed by atoms with Crippen LogP contribution in [0.3, 0.4) is 0 Å². The van der Waals surface area contributed by atoms with Crippen LogP contribution < -0.4 is 14.7 Å². The highest BCUT2D eigenvalue weighted by Gasteiger charge is 2.30. The van der Waals surface area contributed by atoms with Crippen molar-refractivity contribution in [2.45, 2.75) is 118 Å². The summed E-state index contributed by atoms with van der Waals surface area (Å²) in [5.74, 6) is 5.55. The van der Waals surface area contributed by atoms with Crippen LogP contribution in [-0.4, -0.2) is 39.1 Å². The Morgan fingerprint density at radius 3 is 1.83 bits per heavy atom. The Bertz CT molecular complexity index is 2940. The van der Waals surface area contributed by atoms with E-state index in [0.717, 1.165) is 108 Å². The zero-order valence-corrected chi connectivity index (χ0v) is 39.6. The van der Waals surface area contributed by atoms with Crippen molar-refractivity contribution in [1.82, 2.24) is 19.9 Å². The first-order valence-electron chi connectivity index (χ1n) is 24.3. The van der Waals surface area contributed by atoms with Gasteiger partial charge in [0.2, 0.25) is 11.8 Å². The molecule has 69 heavy (non-hydrogen) atoms. The Morgan fingerprint density at radius 2 is 1.17 bits per heavy atom. The molecule has 0 bridgehead atoms. The van der Waals surface area contributed by atoms with Gasteiger partial charge in [-0.25, -0.2) is 19.3 Å². The average molecular weight is 926 g/mol. The summed E-state index contributed by atoms with van der Waals surface area (Å²) in [6.07, 6.45) is 10.9. The maximum Gasteiger partial charge on any atom is 0.245 e. The largest absolute Gasteiger partial charge is 0.443 e. The lowest BCUT2D eigenvalue weighted by Gasteiger charge is -2.34. The molecule has 356 valence electrons. The molecular weight excluding hydrogens is 862 g/mol. The van der Waals surface area contributed by atoms with Gasteiger partial charge in [0, 0.05) is 73.1 Å². The fourth-order valence-corrected chi connectivity index (χ4v) is 9.92. The Morgan fingerprint density at radius 1 is 0.565 bits per heavy atom. The summed E-state index contributed by atoms with van der Waals surface area (Å²) in [5, 5.41) is 0. The molecule has 0 spiro atoms. The molecule has 0 radical (unpaired) electrons. The topological polar surface area (TPSA) is 101 Å². The molecule has 10 nitrogen and oxygen atoms in total. The van der Waals surface area contributed by atoms with Gasteiger partial charge in [-0.2, -0.15) is 0 Å². The lowest BCUT2D eigenvalue weighted by Crippen LogP contribution is -2.38. The number of benzene rings is 4. The molecular formula is C58H64FN7O3. The van der Waals surface area contributed by atoms with Crippen LogP contribution in [0, 0.1) is 26.6 Å². The van der Waals surface area contributed by atoms with Crippen molar-refractivity contribution in [2.24, 2.45) is 0 Å². The van der Waals surface area contributed by atoms with E-state index in [0.29, 0.717) is 18.4 Å². The average Bonchev–Trinajstić information content (AvgIpc) is 4.11. The number of aromatic nitrogens is 4. The SMILES string of the molecule is C.Cc1cc(F)cc(N2Cc3oc(-c4ccccn4)nc3CC2C)c1.Cc1cccc(N2CCc3nc(-c4ccccc4)oc3C2)c1.Cc1cccc(N2CCc3nc(C4CCCCC4)oc3C2)c1. The first-order chi connectivity index (χ1) is 33.2. The second kappa shape index (κ2) is 21.1. The lowest BCUT2D eigenvalue weighted by atomic mass is 9.89. The normalized spacial score (nSPS) is 16.5. The monoisotopic (exact) mass is 926 g/mol. The van der Waals surface area contributed by atoms with Crippen molar-refractivity contribution in [3.63, 3.8) is 0 Å². The molecule has 1 saturated carbocycles. The Kier molecular flexibility index (Phi) is 14.4. The van der Waals surface area contributed by atoms with Crippen molar-refractivity contribution < 1.29 is 17.6 Å². The van der Waals surface area contributed by atoms with Gasteiger partial charge in [0.15, 0.2) is 5.89 Å². The summed E-state index contributed by atoms with van der Waals surface area (Å²) in [4.78, 5) is 25.3. The van der Waals surface area contributed by atoms with E-state index in [1.165, 1.54) is 66.4 Å². The number of hydrogen-bond acceptors (Lipinski definition) is 10. The molecule has 1 aliphatic carbocycles. The van der Waals surface area contributed by atoms with Gasteiger partial charge in [0.05, 0.1) is 36.7 Å². The Hall–Kier alpha value is -7.01. The summed E-state index contributed by atoms with van der Waals surface area (Å²) < 4.78 is 31.9. The molecule has 11 heteroatoms. The van der Waals surface area contributed by atoms with E-state index in [-0.39, 0.29) is 19.3 Å². The van der Waals surface area contributed by atoms with Crippen molar-refractivity contribution in [3.05, 3.63) is 184 Å². The number of rotatable bonds is 6. The van der Waals surface area contributed by atoms with Gasteiger partial charge in [0.25, 0.3) is 0 Å². The van der Waals surface area contributed by atoms with Crippen LogP contribution in [0.5, 0.6) is 0 Å². The van der Waals surface area contributed by atoms with Crippen LogP contribution in [0.2, 0.25) is 0 Å². The quantitative estimate of drug-likeness (QED) is 0.160. The minimum Gasteiger partial charge on any atom is -0.443 e. The third kappa shape index (κ3) is 11.0. The zero-order valence-electron chi connectivity index (χ0n) is 39.6. The maximum absolute atomic E-state index is 13.8. The number of hydrogen-bond donors (Lipinski definition) is 0. The van der Waals surface area contributed by atoms with Gasteiger partial charge in [-0.1, -0.05) is 75.2 Å². The van der Waals surface area contributed by atoms with Crippen molar-refractivity contribution in [2.75, 3.05) is 27.8 Å². The van der Waals surface area contributed by atoms with Crippen LogP contribution in [0.1, 0.15) is 109 Å². The van der Waals surface area contributed by atoms with Crippen LogP contribution in [0.4, 0.5) is 21.5 Å². The molecule has 1 fully saturated rings. The minimum absolute atomic E-state index is 0. The van der Waals surface area contributed by atoms with E-state index >= 15 is 0 Å². The van der Waals surface area contributed by atoms with Crippen LogP contribution in [0.25, 0.3) is 23.0 Å². The van der Waals surface area contributed by atoms with E-state index in [1.807, 2.05) is 61.5 Å². The third-order valence-electron chi connectivity index (χ3n) is 13.5. The Labute approximate surface area is 406 Å². The minimum atomic E-state index is -0.213. The molecule has 4 aromatic carbocycles. The van der Waals surface area contributed by atoms with Gasteiger partial charge >= 0.3 is 0 Å². The summed E-state index contributed by atoms with van der Waals surface area (Å²) in [6, 6.07) is 38.4. The lowest BCUT2D eigenvalue weighted by molar-refractivity contribution is 0.350. The molecule has 0 N–H and O–H groups in total. The van der Waals surface area contributed by atoms with Crippen LogP contribution in [0.15, 0.2) is 135 Å². The number of halogens is 1. The molecule has 3 aliphatic heterocycles. The third-order valence-corrected chi connectivity index (χ3v) is 13.5. The van der Waals surface area contributed by atoms with E-state index in [1.54, 1.807) is 12.3 Å². The van der Waals surface area contributed by atoms with E-state index in [9.17, 15) is 4.39 Å². The Balaban J connectivity index is 0.000000128. The van der Waals surface area contributed by atoms with Gasteiger partial charge in [-0.3, -0.25) is 4.98 Å². The molecule has 4 aliphatic rings. The van der Waals surface area contributed by atoms with Gasteiger partial charge in [0.1, 0.15) is 28.8 Å². The molecule has 0 amide bonds. The van der Waals surface area contributed by atoms with E-state index in [2.05, 4.69) is 99.0 Å². The second-order valence-electron chi connectivity index (χ2n) is 18.8. The first-order valence-corrected chi connectivity index (χ1v) is 24.3. The molecule has 12 rings (SSSR count). The van der Waals surface area contributed by atoms with Gasteiger partial charge < -0.3 is 28.0 Å². The summed E-state index contributed by atoms with van der Waals surface area (Å²) in [6.45, 7) is 12.6. The number of pyridine rings is 1. The molecule has 4 aromatic heterocycles. The fourth-order valence-electron chi connectivity index (χ4n) is 9.92. The number of oxazole rings is 3. The van der Waals surface area contributed by atoms with Crippen LogP contribution >= 0.6 is 0 Å². The fraction of sp³-hybridized carbons (Fsp3) is 0.345. The summed E-state index contributed by atoms with van der Waals surface area (Å²) >= 11 is 0. The highest BCUT2D eigenvalue weighted by atomic mass is 19.1. The molecule has 1 unspecified atom stereocenters. The zero-order chi connectivity index (χ0) is 46.6. The number of nitrogens with zero attached hydrogens (tertiary/aromatic N) is 7. The number of aryl methyl sites for hydroxylation is 3. The second-order valence-corrected chi connectivity index (χ2v) is 18.8. The molecule has 8 aromatic rings. The molecule has 0 saturated heterocycles. The van der Waals surface area contributed by atoms with E-state index in [4.69, 9.17) is 18.2 Å². The summed E-state index contributed by atoms with van der Waals surface area (Å²) in [7, 11) is 0. The van der Waals surface area contributed by atoms with Gasteiger partial charge in [-0.15, -0.1) is 0 Å². The maximum atomic E-state index is 13.8. The first kappa shape index (κ1) is 47.1. The van der Waals surface area contributed by atoms with Crippen molar-refractivity contribution >= 4 is 17.1 Å². The molecule has 1 atom stereocenters. The number of anilines is 3. The highest BCUT2D eigenvalue weighted by molar-refractivity contribution is 5.56. The smallest absolute Gasteiger partial charge is 0.245 e. The van der Waals surface area contributed by atoms with E-state index < -0.39 is 0 Å². The molecule has 7 heterocycles. The number of fused-ring (bicyclic) bond motifs is 3. The standard InChI is InChI=1S/C19H18FN3O.C19H24N2O.C19H18N2O.CH4/c1-12-7-14(20)10-15(8-12)23-11-18-17(9-13(23)2)22-19(24-18)16-5-3-4-6-21-16;2*1-14-6-5-9-16(12-14)21-11-10-17-18(13-21)22-19(20-17)15-7-3-2-4-8-15;/h3-8,10,13H,9,11H2,1-2H3;5-6,9,12,15H,2-4,7-8,10-11,13H2,1H3;2-9,12H,10-11,13H2,1H3;1H4. The predicted octanol–water partition coefficient (Wildman–Crippen LogP) is 13.6. The van der Waals surface area contributed by atoms with Crippen molar-refractivity contribution in [3.8, 4) is 23.0 Å². The van der Waals surface area contributed by atoms with Crippen LogP contribution in [-0.2, 0) is 38.9 Å². The van der Waals surface area contributed by atoms with Crippen molar-refractivity contribution in [1.29, 1.82) is 0 Å². The predicted molar refractivity (Wildman–Crippen MR) is 273 cm³/mol. The summed E-state index contributed by atoms with van der Waals surface area (Å²) in [5.41, 5.74) is 12.0. The highest BCUT2D eigenvalue weighted by Crippen LogP contribution is 2.36.